The van der Waals surface area contributed by atoms with Gasteiger partial charge in [-0.1, -0.05) is 18.2 Å². The molecule has 0 N–H and O–H groups in total. The second-order valence-electron chi connectivity index (χ2n) is 6.97. The Morgan fingerprint density at radius 1 is 1.14 bits per heavy atom. The largest absolute Gasteiger partial charge is 0.497 e. The van der Waals surface area contributed by atoms with Crippen molar-refractivity contribution in [1.82, 2.24) is 5.01 Å². The first-order valence-corrected chi connectivity index (χ1v) is 10.6. The number of thiophene rings is 1. The number of nitrogens with zero attached hydrogens (tertiary/aromatic N) is 2. The third-order valence-electron chi connectivity index (χ3n) is 5.29. The Kier molecular flexibility index (Phi) is 4.64. The van der Waals surface area contributed by atoms with E-state index in [0.29, 0.717) is 6.61 Å². The molecule has 0 radical (unpaired) electrons. The lowest BCUT2D eigenvalue weighted by molar-refractivity contribution is -0.0212. The van der Waals surface area contributed by atoms with E-state index >= 15 is 0 Å². The quantitative estimate of drug-likeness (QED) is 0.569. The third-order valence-corrected chi connectivity index (χ3v) is 6.21. The number of hydrogen-bond donors (Lipinski definition) is 0. The Morgan fingerprint density at radius 3 is 2.72 bits per heavy atom. The Hall–Kier alpha value is -2.99. The maximum Gasteiger partial charge on any atom is 0.214 e. The zero-order valence-electron chi connectivity index (χ0n) is 16.4. The van der Waals surface area contributed by atoms with E-state index in [2.05, 4.69) is 28.6 Å². The second kappa shape index (κ2) is 7.44. The van der Waals surface area contributed by atoms with Crippen LogP contribution in [0.4, 0.5) is 0 Å². The molecule has 0 bridgehead atoms. The standard InChI is InChI=1S/C23H22N2O3S/c1-3-27-20-7-4-6-17-19-14-18(21-8-5-13-29-21)24-25(19)23(28-22(17)20)15-9-11-16(26-2)12-10-15/h4-13,19,23H,3,14H2,1-2H3/t19-,23-/m0/s1. The fourth-order valence-corrected chi connectivity index (χ4v) is 4.65. The van der Waals surface area contributed by atoms with Crippen LogP contribution in [0.3, 0.4) is 0 Å². The van der Waals surface area contributed by atoms with Crippen molar-refractivity contribution in [2.24, 2.45) is 5.10 Å². The molecule has 148 valence electrons. The van der Waals surface area contributed by atoms with Gasteiger partial charge in [-0.05, 0) is 48.7 Å². The number of ether oxygens (including phenoxy) is 3. The van der Waals surface area contributed by atoms with E-state index in [4.69, 9.17) is 19.3 Å². The third kappa shape index (κ3) is 3.13. The number of hydrazone groups is 1. The summed E-state index contributed by atoms with van der Waals surface area (Å²) in [6, 6.07) is 18.4. The summed E-state index contributed by atoms with van der Waals surface area (Å²) < 4.78 is 17.7. The van der Waals surface area contributed by atoms with Crippen LogP contribution in [0.15, 0.2) is 65.1 Å². The van der Waals surface area contributed by atoms with E-state index < -0.39 is 0 Å². The summed E-state index contributed by atoms with van der Waals surface area (Å²) in [5, 5.41) is 9.17. The molecule has 0 saturated heterocycles. The number of rotatable bonds is 5. The summed E-state index contributed by atoms with van der Waals surface area (Å²) in [5.41, 5.74) is 3.25. The first-order chi connectivity index (χ1) is 14.3. The molecule has 2 aliphatic heterocycles. The van der Waals surface area contributed by atoms with Crippen LogP contribution in [0.5, 0.6) is 17.2 Å². The molecule has 5 rings (SSSR count). The van der Waals surface area contributed by atoms with E-state index in [1.807, 2.05) is 43.3 Å². The SMILES string of the molecule is CCOc1cccc2c1O[C@@H](c1ccc(OC)cc1)N1N=C(c3cccs3)C[C@@H]21. The lowest BCUT2D eigenvalue weighted by Crippen LogP contribution is -2.33. The van der Waals surface area contributed by atoms with Gasteiger partial charge in [-0.2, -0.15) is 5.10 Å². The molecule has 0 aliphatic carbocycles. The summed E-state index contributed by atoms with van der Waals surface area (Å²) in [6.45, 7) is 2.58. The van der Waals surface area contributed by atoms with Gasteiger partial charge in [0, 0.05) is 17.5 Å². The normalized spacial score (nSPS) is 19.8. The van der Waals surface area contributed by atoms with Crippen LogP contribution < -0.4 is 14.2 Å². The van der Waals surface area contributed by atoms with Gasteiger partial charge in [-0.25, -0.2) is 5.01 Å². The zero-order chi connectivity index (χ0) is 19.8. The molecule has 3 heterocycles. The first kappa shape index (κ1) is 18.1. The van der Waals surface area contributed by atoms with E-state index in [-0.39, 0.29) is 12.3 Å². The molecule has 0 saturated carbocycles. The molecule has 5 nitrogen and oxygen atoms in total. The Labute approximate surface area is 174 Å². The minimum Gasteiger partial charge on any atom is -0.497 e. The Morgan fingerprint density at radius 2 is 2.00 bits per heavy atom. The van der Waals surface area contributed by atoms with Gasteiger partial charge in [-0.3, -0.25) is 0 Å². The fraction of sp³-hybridized carbons (Fsp3) is 0.261. The number of fused-ring (bicyclic) bond motifs is 3. The lowest BCUT2D eigenvalue weighted by atomic mass is 9.97. The van der Waals surface area contributed by atoms with Gasteiger partial charge >= 0.3 is 0 Å². The molecule has 0 unspecified atom stereocenters. The molecule has 29 heavy (non-hydrogen) atoms. The highest BCUT2D eigenvalue weighted by Crippen LogP contribution is 2.51. The van der Waals surface area contributed by atoms with Crippen LogP contribution in [0.25, 0.3) is 0 Å². The first-order valence-electron chi connectivity index (χ1n) is 9.74. The fourth-order valence-electron chi connectivity index (χ4n) is 3.93. The molecule has 6 heteroatoms. The highest BCUT2D eigenvalue weighted by molar-refractivity contribution is 7.12. The summed E-state index contributed by atoms with van der Waals surface area (Å²) in [6.07, 6.45) is 0.525. The molecule has 1 aromatic heterocycles. The van der Waals surface area contributed by atoms with E-state index in [9.17, 15) is 0 Å². The Bertz CT molecular complexity index is 1030. The summed E-state index contributed by atoms with van der Waals surface area (Å²) in [4.78, 5) is 1.20. The Balaban J connectivity index is 1.60. The molecule has 0 fully saturated rings. The molecule has 0 amide bonds. The van der Waals surface area contributed by atoms with Gasteiger partial charge in [-0.15, -0.1) is 11.3 Å². The van der Waals surface area contributed by atoms with Crippen LogP contribution in [-0.4, -0.2) is 24.4 Å². The summed E-state index contributed by atoms with van der Waals surface area (Å²) in [5.74, 6) is 2.42. The smallest absolute Gasteiger partial charge is 0.214 e. The minimum absolute atomic E-state index is 0.114. The summed E-state index contributed by atoms with van der Waals surface area (Å²) in [7, 11) is 1.67. The van der Waals surface area contributed by atoms with Gasteiger partial charge < -0.3 is 14.2 Å². The molecule has 2 atom stereocenters. The zero-order valence-corrected chi connectivity index (χ0v) is 17.2. The number of methoxy groups -OCH3 is 1. The van der Waals surface area contributed by atoms with Crippen molar-refractivity contribution >= 4 is 17.0 Å². The van der Waals surface area contributed by atoms with E-state index in [1.54, 1.807) is 18.4 Å². The van der Waals surface area contributed by atoms with Crippen LogP contribution in [0.2, 0.25) is 0 Å². The van der Waals surface area contributed by atoms with Crippen molar-refractivity contribution in [2.45, 2.75) is 25.6 Å². The van der Waals surface area contributed by atoms with Crippen molar-refractivity contribution in [1.29, 1.82) is 0 Å². The summed E-state index contributed by atoms with van der Waals surface area (Å²) >= 11 is 1.72. The minimum atomic E-state index is -0.322. The van der Waals surface area contributed by atoms with Crippen molar-refractivity contribution in [3.63, 3.8) is 0 Å². The van der Waals surface area contributed by atoms with Crippen molar-refractivity contribution in [2.75, 3.05) is 13.7 Å². The number of hydrogen-bond acceptors (Lipinski definition) is 6. The highest BCUT2D eigenvalue weighted by Gasteiger charge is 2.42. The molecular formula is C23H22N2O3S. The topological polar surface area (TPSA) is 43.3 Å². The van der Waals surface area contributed by atoms with Gasteiger partial charge in [0.25, 0.3) is 0 Å². The highest BCUT2D eigenvalue weighted by atomic mass is 32.1. The average Bonchev–Trinajstić information content (AvgIpc) is 3.44. The number of para-hydroxylation sites is 1. The molecule has 0 spiro atoms. The van der Waals surface area contributed by atoms with Crippen LogP contribution >= 0.6 is 11.3 Å². The maximum absolute atomic E-state index is 6.51. The van der Waals surface area contributed by atoms with Crippen LogP contribution in [-0.2, 0) is 0 Å². The van der Waals surface area contributed by atoms with Gasteiger partial charge in [0.1, 0.15) is 5.75 Å². The van der Waals surface area contributed by atoms with Gasteiger partial charge in [0.05, 0.1) is 30.3 Å². The van der Waals surface area contributed by atoms with Crippen molar-refractivity contribution in [3.8, 4) is 17.2 Å². The van der Waals surface area contributed by atoms with E-state index in [1.165, 1.54) is 4.88 Å². The van der Waals surface area contributed by atoms with E-state index in [0.717, 1.165) is 40.5 Å². The van der Waals surface area contributed by atoms with Gasteiger partial charge in [0.15, 0.2) is 11.5 Å². The average molecular weight is 407 g/mol. The predicted molar refractivity (Wildman–Crippen MR) is 114 cm³/mol. The molecular weight excluding hydrogens is 384 g/mol. The maximum atomic E-state index is 6.51. The molecule has 2 aliphatic rings. The molecule has 2 aromatic carbocycles. The van der Waals surface area contributed by atoms with Crippen LogP contribution in [0.1, 0.15) is 41.6 Å². The predicted octanol–water partition coefficient (Wildman–Crippen LogP) is 5.40. The number of benzene rings is 2. The lowest BCUT2D eigenvalue weighted by Gasteiger charge is -2.38. The molecule has 3 aromatic rings. The monoisotopic (exact) mass is 406 g/mol. The van der Waals surface area contributed by atoms with Crippen molar-refractivity contribution in [3.05, 3.63) is 76.0 Å². The van der Waals surface area contributed by atoms with Crippen molar-refractivity contribution < 1.29 is 14.2 Å². The second-order valence-corrected chi connectivity index (χ2v) is 7.92. The van der Waals surface area contributed by atoms with Gasteiger partial charge in [0.2, 0.25) is 6.23 Å². The van der Waals surface area contributed by atoms with Crippen LogP contribution in [0, 0.1) is 0 Å².